The molecule has 0 saturated carbocycles. The summed E-state index contributed by atoms with van der Waals surface area (Å²) >= 11 is 0. The van der Waals surface area contributed by atoms with Crippen molar-refractivity contribution in [2.75, 3.05) is 6.54 Å². The fraction of sp³-hybridized carbons (Fsp3) is 0.857. The summed E-state index contributed by atoms with van der Waals surface area (Å²) in [6, 6.07) is 0. The normalized spacial score (nSPS) is 19.9. The molecule has 1 aromatic heterocycles. The van der Waals surface area contributed by atoms with Crippen molar-refractivity contribution < 1.29 is 0 Å². The number of rotatable bonds is 4. The van der Waals surface area contributed by atoms with Gasteiger partial charge in [-0.1, -0.05) is 26.0 Å². The highest BCUT2D eigenvalue weighted by Crippen LogP contribution is 2.36. The summed E-state index contributed by atoms with van der Waals surface area (Å²) in [4.78, 5) is 0. The van der Waals surface area contributed by atoms with E-state index in [1.807, 2.05) is 0 Å². The highest BCUT2D eigenvalue weighted by atomic mass is 15.4. The number of aryl methyl sites for hydroxylation is 1. The minimum atomic E-state index is 0.376. The Morgan fingerprint density at radius 1 is 1.33 bits per heavy atom. The van der Waals surface area contributed by atoms with Gasteiger partial charge in [0.1, 0.15) is 0 Å². The molecule has 0 aliphatic heterocycles. The second-order valence-corrected chi connectivity index (χ2v) is 6.51. The predicted octanol–water partition coefficient (Wildman–Crippen LogP) is 2.17. The van der Waals surface area contributed by atoms with Gasteiger partial charge in [0.15, 0.2) is 0 Å². The lowest BCUT2D eigenvalue weighted by Crippen LogP contribution is -2.27. The van der Waals surface area contributed by atoms with Gasteiger partial charge < -0.3 is 5.73 Å². The number of nitrogens with zero attached hydrogens (tertiary/aromatic N) is 3. The fourth-order valence-electron chi connectivity index (χ4n) is 2.77. The first-order valence-electron chi connectivity index (χ1n) is 7.13. The van der Waals surface area contributed by atoms with E-state index < -0.39 is 0 Å². The third-order valence-corrected chi connectivity index (χ3v) is 4.14. The van der Waals surface area contributed by atoms with Crippen molar-refractivity contribution in [3.8, 4) is 0 Å². The van der Waals surface area contributed by atoms with Crippen LogP contribution in [0, 0.1) is 11.3 Å². The van der Waals surface area contributed by atoms with E-state index in [2.05, 4.69) is 35.8 Å². The molecule has 0 spiro atoms. The smallest absolute Gasteiger partial charge is 0.0862 e. The van der Waals surface area contributed by atoms with Crippen LogP contribution >= 0.6 is 0 Å². The van der Waals surface area contributed by atoms with E-state index in [9.17, 15) is 0 Å². The van der Waals surface area contributed by atoms with Gasteiger partial charge in [0.05, 0.1) is 11.4 Å². The molecule has 1 heterocycles. The van der Waals surface area contributed by atoms with Crippen molar-refractivity contribution >= 4 is 0 Å². The Kier molecular flexibility index (Phi) is 4.05. The zero-order chi connectivity index (χ0) is 13.2. The van der Waals surface area contributed by atoms with Gasteiger partial charge in [0.25, 0.3) is 0 Å². The first kappa shape index (κ1) is 13.5. The molecule has 1 unspecified atom stereocenters. The van der Waals surface area contributed by atoms with Gasteiger partial charge in [-0.3, -0.25) is 0 Å². The third-order valence-electron chi connectivity index (χ3n) is 4.14. The molecular weight excluding hydrogens is 224 g/mol. The van der Waals surface area contributed by atoms with Gasteiger partial charge in [0, 0.05) is 6.54 Å². The van der Waals surface area contributed by atoms with Crippen molar-refractivity contribution in [3.63, 3.8) is 0 Å². The molecule has 1 aliphatic rings. The van der Waals surface area contributed by atoms with Crippen LogP contribution in [0.3, 0.4) is 0 Å². The van der Waals surface area contributed by atoms with Gasteiger partial charge >= 0.3 is 0 Å². The molecule has 1 atom stereocenters. The standard InChI is InChI=1S/C14H26N4/c1-14(2,3)11-6-7-13-12(10-11)16-17-18(13)9-5-4-8-15/h11H,4-10,15H2,1-3H3. The first-order valence-corrected chi connectivity index (χ1v) is 7.13. The lowest BCUT2D eigenvalue weighted by atomic mass is 9.73. The molecule has 18 heavy (non-hydrogen) atoms. The molecule has 0 amide bonds. The Bertz CT molecular complexity index is 389. The van der Waals surface area contributed by atoms with Crippen LogP contribution in [0.25, 0.3) is 0 Å². The average molecular weight is 250 g/mol. The van der Waals surface area contributed by atoms with Gasteiger partial charge in [-0.05, 0) is 50.0 Å². The summed E-state index contributed by atoms with van der Waals surface area (Å²) in [5, 5.41) is 8.69. The molecular formula is C14H26N4. The number of hydrogen-bond donors (Lipinski definition) is 1. The van der Waals surface area contributed by atoms with E-state index in [0.29, 0.717) is 5.41 Å². The molecule has 2 rings (SSSR count). The van der Waals surface area contributed by atoms with Crippen LogP contribution in [0.5, 0.6) is 0 Å². The molecule has 1 aromatic rings. The topological polar surface area (TPSA) is 56.7 Å². The van der Waals surface area contributed by atoms with Crippen LogP contribution in [-0.2, 0) is 19.4 Å². The van der Waals surface area contributed by atoms with Gasteiger partial charge in [-0.25, -0.2) is 4.68 Å². The van der Waals surface area contributed by atoms with Crippen molar-refractivity contribution in [2.24, 2.45) is 17.1 Å². The summed E-state index contributed by atoms with van der Waals surface area (Å²) in [5.74, 6) is 0.735. The summed E-state index contributed by atoms with van der Waals surface area (Å²) in [7, 11) is 0. The maximum atomic E-state index is 5.53. The maximum absolute atomic E-state index is 5.53. The zero-order valence-corrected chi connectivity index (χ0v) is 11.9. The number of hydrogen-bond acceptors (Lipinski definition) is 3. The van der Waals surface area contributed by atoms with E-state index in [1.54, 1.807) is 0 Å². The van der Waals surface area contributed by atoms with E-state index >= 15 is 0 Å². The summed E-state index contributed by atoms with van der Waals surface area (Å²) < 4.78 is 2.10. The molecule has 0 radical (unpaired) electrons. The Balaban J connectivity index is 2.03. The number of unbranched alkanes of at least 4 members (excludes halogenated alkanes) is 1. The summed E-state index contributed by atoms with van der Waals surface area (Å²) in [5.41, 5.74) is 8.50. The Morgan fingerprint density at radius 3 is 2.78 bits per heavy atom. The molecule has 1 aliphatic carbocycles. The number of fused-ring (bicyclic) bond motifs is 1. The van der Waals surface area contributed by atoms with Crippen LogP contribution in [0.1, 0.15) is 51.4 Å². The second kappa shape index (κ2) is 5.39. The predicted molar refractivity (Wildman–Crippen MR) is 73.3 cm³/mol. The van der Waals surface area contributed by atoms with E-state index in [0.717, 1.165) is 44.7 Å². The van der Waals surface area contributed by atoms with Crippen molar-refractivity contribution in [2.45, 2.75) is 59.4 Å². The number of nitrogens with two attached hydrogens (primary N) is 1. The van der Waals surface area contributed by atoms with Crippen molar-refractivity contribution in [3.05, 3.63) is 11.4 Å². The largest absolute Gasteiger partial charge is 0.330 e. The maximum Gasteiger partial charge on any atom is 0.0862 e. The summed E-state index contributed by atoms with van der Waals surface area (Å²) in [6.45, 7) is 8.72. The minimum absolute atomic E-state index is 0.376. The van der Waals surface area contributed by atoms with Crippen LogP contribution in [0.2, 0.25) is 0 Å². The first-order chi connectivity index (χ1) is 8.52. The molecule has 0 fully saturated rings. The van der Waals surface area contributed by atoms with E-state index in [-0.39, 0.29) is 0 Å². The number of aromatic nitrogens is 3. The van der Waals surface area contributed by atoms with Crippen molar-refractivity contribution in [1.29, 1.82) is 0 Å². The highest BCUT2D eigenvalue weighted by Gasteiger charge is 2.31. The Hall–Kier alpha value is -0.900. The molecule has 102 valence electrons. The second-order valence-electron chi connectivity index (χ2n) is 6.51. The Labute approximate surface area is 110 Å². The fourth-order valence-corrected chi connectivity index (χ4v) is 2.77. The average Bonchev–Trinajstić information content (AvgIpc) is 2.71. The zero-order valence-electron chi connectivity index (χ0n) is 11.9. The lowest BCUT2D eigenvalue weighted by Gasteiger charge is -2.33. The van der Waals surface area contributed by atoms with Gasteiger partial charge in [-0.2, -0.15) is 0 Å². The quantitative estimate of drug-likeness (QED) is 0.833. The highest BCUT2D eigenvalue weighted by molar-refractivity contribution is 5.15. The summed E-state index contributed by atoms with van der Waals surface area (Å²) in [6.07, 6.45) is 5.66. The molecule has 0 bridgehead atoms. The third kappa shape index (κ3) is 2.91. The molecule has 4 heteroatoms. The van der Waals surface area contributed by atoms with Gasteiger partial charge in [0.2, 0.25) is 0 Å². The van der Waals surface area contributed by atoms with Crippen LogP contribution in [0.4, 0.5) is 0 Å². The minimum Gasteiger partial charge on any atom is -0.330 e. The van der Waals surface area contributed by atoms with Crippen LogP contribution in [-0.4, -0.2) is 21.5 Å². The monoisotopic (exact) mass is 250 g/mol. The van der Waals surface area contributed by atoms with Gasteiger partial charge in [-0.15, -0.1) is 5.10 Å². The van der Waals surface area contributed by atoms with E-state index in [4.69, 9.17) is 5.73 Å². The van der Waals surface area contributed by atoms with Crippen LogP contribution < -0.4 is 5.73 Å². The molecule has 4 nitrogen and oxygen atoms in total. The van der Waals surface area contributed by atoms with Crippen LogP contribution in [0.15, 0.2) is 0 Å². The molecule has 0 aromatic carbocycles. The van der Waals surface area contributed by atoms with Crippen molar-refractivity contribution in [1.82, 2.24) is 15.0 Å². The molecule has 0 saturated heterocycles. The van der Waals surface area contributed by atoms with E-state index in [1.165, 1.54) is 17.8 Å². The molecule has 2 N–H and O–H groups in total. The SMILES string of the molecule is CC(C)(C)C1CCc2c(nnn2CCCCN)C1. The lowest BCUT2D eigenvalue weighted by molar-refractivity contribution is 0.212. The Morgan fingerprint density at radius 2 is 2.11 bits per heavy atom.